The van der Waals surface area contributed by atoms with Gasteiger partial charge in [-0.3, -0.25) is 4.79 Å². The summed E-state index contributed by atoms with van der Waals surface area (Å²) in [5.41, 5.74) is 6.34. The third kappa shape index (κ3) is 4.26. The van der Waals surface area contributed by atoms with Crippen molar-refractivity contribution in [2.24, 2.45) is 5.92 Å². The maximum absolute atomic E-state index is 11.9. The number of nitrogens with one attached hydrogen (secondary N) is 1. The van der Waals surface area contributed by atoms with E-state index < -0.39 is 0 Å². The molecule has 0 saturated heterocycles. The fraction of sp³-hybridized carbons (Fsp3) is 0.417. The van der Waals surface area contributed by atoms with Gasteiger partial charge < -0.3 is 11.1 Å². The van der Waals surface area contributed by atoms with Crippen molar-refractivity contribution in [2.75, 3.05) is 24.3 Å². The summed E-state index contributed by atoms with van der Waals surface area (Å²) in [6.07, 6.45) is 2.04. The van der Waals surface area contributed by atoms with E-state index in [0.29, 0.717) is 33.8 Å². The molecule has 0 heterocycles. The summed E-state index contributed by atoms with van der Waals surface area (Å²) in [5.74, 6) is 1.24. The molecular weight excluding hydrogens is 291 g/mol. The lowest BCUT2D eigenvalue weighted by atomic mass is 10.1. The molecule has 1 unspecified atom stereocenters. The molecule has 0 aliphatic carbocycles. The van der Waals surface area contributed by atoms with Crippen LogP contribution >= 0.6 is 35.0 Å². The van der Waals surface area contributed by atoms with E-state index in [9.17, 15) is 4.79 Å². The van der Waals surface area contributed by atoms with Crippen molar-refractivity contribution in [1.82, 2.24) is 5.32 Å². The van der Waals surface area contributed by atoms with Gasteiger partial charge in [0.1, 0.15) is 0 Å². The Morgan fingerprint density at radius 3 is 2.50 bits per heavy atom. The Kier molecular flexibility index (Phi) is 6.12. The molecule has 0 bridgehead atoms. The van der Waals surface area contributed by atoms with Crippen molar-refractivity contribution in [3.63, 3.8) is 0 Å². The van der Waals surface area contributed by atoms with E-state index in [1.165, 1.54) is 12.1 Å². The number of hydrogen-bond donors (Lipinski definition) is 2. The maximum Gasteiger partial charge on any atom is 0.251 e. The average molecular weight is 307 g/mol. The summed E-state index contributed by atoms with van der Waals surface area (Å²) in [6.45, 7) is 2.71. The minimum absolute atomic E-state index is 0.188. The van der Waals surface area contributed by atoms with Crippen LogP contribution in [0.25, 0.3) is 0 Å². The van der Waals surface area contributed by atoms with E-state index in [0.717, 1.165) is 5.75 Å². The molecule has 1 aromatic rings. The highest BCUT2D eigenvalue weighted by Gasteiger charge is 2.12. The van der Waals surface area contributed by atoms with Crippen LogP contribution in [-0.2, 0) is 0 Å². The summed E-state index contributed by atoms with van der Waals surface area (Å²) < 4.78 is 0. The summed E-state index contributed by atoms with van der Waals surface area (Å²) in [7, 11) is 0. The largest absolute Gasteiger partial charge is 0.396 e. The molecule has 100 valence electrons. The van der Waals surface area contributed by atoms with E-state index >= 15 is 0 Å². The minimum Gasteiger partial charge on any atom is -0.396 e. The lowest BCUT2D eigenvalue weighted by Crippen LogP contribution is -2.29. The predicted octanol–water partition coefficient (Wildman–Crippen LogP) is 3.30. The highest BCUT2D eigenvalue weighted by molar-refractivity contribution is 7.98. The number of nitrogens with two attached hydrogens (primary N) is 1. The van der Waals surface area contributed by atoms with Crippen LogP contribution in [0.15, 0.2) is 12.1 Å². The molecule has 3 N–H and O–H groups in total. The quantitative estimate of drug-likeness (QED) is 0.821. The van der Waals surface area contributed by atoms with Crippen molar-refractivity contribution in [2.45, 2.75) is 6.92 Å². The van der Waals surface area contributed by atoms with Crippen LogP contribution in [-0.4, -0.2) is 24.5 Å². The van der Waals surface area contributed by atoms with Gasteiger partial charge >= 0.3 is 0 Å². The Morgan fingerprint density at radius 1 is 1.44 bits per heavy atom. The molecule has 0 spiro atoms. The molecule has 0 saturated carbocycles. The molecule has 0 aliphatic heterocycles. The first-order valence-corrected chi connectivity index (χ1v) is 7.62. The zero-order chi connectivity index (χ0) is 13.7. The number of anilines is 1. The summed E-state index contributed by atoms with van der Waals surface area (Å²) in [4.78, 5) is 11.9. The second kappa shape index (κ2) is 7.12. The van der Waals surface area contributed by atoms with Crippen LogP contribution in [0.3, 0.4) is 0 Å². The van der Waals surface area contributed by atoms with E-state index in [1.54, 1.807) is 11.8 Å². The van der Waals surface area contributed by atoms with Crippen LogP contribution in [0.1, 0.15) is 17.3 Å². The first-order chi connectivity index (χ1) is 8.45. The molecule has 1 amide bonds. The lowest BCUT2D eigenvalue weighted by molar-refractivity contribution is 0.0949. The number of hydrogen-bond acceptors (Lipinski definition) is 3. The highest BCUT2D eigenvalue weighted by atomic mass is 35.5. The van der Waals surface area contributed by atoms with Gasteiger partial charge in [0, 0.05) is 12.1 Å². The summed E-state index contributed by atoms with van der Waals surface area (Å²) >= 11 is 13.5. The van der Waals surface area contributed by atoms with E-state index in [4.69, 9.17) is 28.9 Å². The van der Waals surface area contributed by atoms with Gasteiger partial charge in [-0.25, -0.2) is 0 Å². The SMILES string of the molecule is CSCC(C)CNC(=O)c1cc(Cl)c(N)c(Cl)c1. The zero-order valence-electron chi connectivity index (χ0n) is 10.3. The molecule has 0 radical (unpaired) electrons. The fourth-order valence-corrected chi connectivity index (χ4v) is 2.60. The molecule has 1 atom stereocenters. The third-order valence-electron chi connectivity index (χ3n) is 2.40. The van der Waals surface area contributed by atoms with Crippen LogP contribution in [0.2, 0.25) is 10.0 Å². The second-order valence-corrected chi connectivity index (χ2v) is 5.85. The number of benzene rings is 1. The van der Waals surface area contributed by atoms with Gasteiger partial charge in [-0.1, -0.05) is 30.1 Å². The second-order valence-electron chi connectivity index (χ2n) is 4.12. The molecule has 1 rings (SSSR count). The number of thioether (sulfide) groups is 1. The van der Waals surface area contributed by atoms with Crippen LogP contribution in [0.5, 0.6) is 0 Å². The smallest absolute Gasteiger partial charge is 0.251 e. The van der Waals surface area contributed by atoms with Gasteiger partial charge in [0.15, 0.2) is 0 Å². The summed E-state index contributed by atoms with van der Waals surface area (Å²) in [6, 6.07) is 3.05. The monoisotopic (exact) mass is 306 g/mol. The topological polar surface area (TPSA) is 55.1 Å². The lowest BCUT2D eigenvalue weighted by Gasteiger charge is -2.12. The van der Waals surface area contributed by atoms with Crippen LogP contribution in [0.4, 0.5) is 5.69 Å². The number of carbonyl (C=O) groups excluding carboxylic acids is 1. The molecule has 0 fully saturated rings. The summed E-state index contributed by atoms with van der Waals surface area (Å²) in [5, 5.41) is 3.44. The Morgan fingerprint density at radius 2 is 2.00 bits per heavy atom. The van der Waals surface area contributed by atoms with Gasteiger partial charge in [0.05, 0.1) is 15.7 Å². The number of nitrogen functional groups attached to an aromatic ring is 1. The van der Waals surface area contributed by atoms with Gasteiger partial charge in [-0.05, 0) is 30.1 Å². The molecular formula is C12H16Cl2N2OS. The van der Waals surface area contributed by atoms with Gasteiger partial charge in [0.25, 0.3) is 5.91 Å². The van der Waals surface area contributed by atoms with Crippen molar-refractivity contribution in [3.8, 4) is 0 Å². The van der Waals surface area contributed by atoms with E-state index in [1.807, 2.05) is 6.26 Å². The van der Waals surface area contributed by atoms with Crippen molar-refractivity contribution >= 4 is 46.6 Å². The predicted molar refractivity (Wildman–Crippen MR) is 80.8 cm³/mol. The van der Waals surface area contributed by atoms with Gasteiger partial charge in [-0.15, -0.1) is 0 Å². The van der Waals surface area contributed by atoms with Crippen LogP contribution in [0, 0.1) is 5.92 Å². The Hall–Kier alpha value is -0.580. The highest BCUT2D eigenvalue weighted by Crippen LogP contribution is 2.28. The number of carbonyl (C=O) groups is 1. The molecule has 3 nitrogen and oxygen atoms in total. The normalized spacial score (nSPS) is 12.2. The zero-order valence-corrected chi connectivity index (χ0v) is 12.6. The molecule has 6 heteroatoms. The molecule has 18 heavy (non-hydrogen) atoms. The first-order valence-electron chi connectivity index (χ1n) is 5.47. The van der Waals surface area contributed by atoms with Crippen molar-refractivity contribution in [3.05, 3.63) is 27.7 Å². The number of amides is 1. The van der Waals surface area contributed by atoms with Gasteiger partial charge in [-0.2, -0.15) is 11.8 Å². The molecule has 0 aliphatic rings. The van der Waals surface area contributed by atoms with E-state index in [2.05, 4.69) is 12.2 Å². The van der Waals surface area contributed by atoms with Gasteiger partial charge in [0.2, 0.25) is 0 Å². The Labute approximate surface area is 121 Å². The maximum atomic E-state index is 11.9. The van der Waals surface area contributed by atoms with E-state index in [-0.39, 0.29) is 5.91 Å². The Balaban J connectivity index is 2.67. The minimum atomic E-state index is -0.188. The first kappa shape index (κ1) is 15.5. The fourth-order valence-electron chi connectivity index (χ4n) is 1.43. The average Bonchev–Trinajstić information content (AvgIpc) is 2.32. The molecule has 1 aromatic carbocycles. The molecule has 0 aromatic heterocycles. The number of rotatable bonds is 5. The van der Waals surface area contributed by atoms with Crippen molar-refractivity contribution in [1.29, 1.82) is 0 Å². The number of halogens is 2. The third-order valence-corrected chi connectivity index (χ3v) is 3.93. The standard InChI is InChI=1S/C12H16Cl2N2OS/c1-7(6-18-2)5-16-12(17)8-3-9(13)11(15)10(14)4-8/h3-4,7H,5-6,15H2,1-2H3,(H,16,17). The van der Waals surface area contributed by atoms with Crippen molar-refractivity contribution < 1.29 is 4.79 Å². The Bertz CT molecular complexity index is 417. The van der Waals surface area contributed by atoms with Crippen LogP contribution < -0.4 is 11.1 Å².